The number of hydrogen-bond donors (Lipinski definition) is 1. The standard InChI is InChI=1S/C4H9N/c1-2-4-5-3-1/h5H,1-4H2/i1D2,2D2,3D,4D2/hD. The van der Waals surface area contributed by atoms with Crippen molar-refractivity contribution in [3.63, 3.8) is 0 Å². The third-order valence-corrected chi connectivity index (χ3v) is 0.322. The van der Waals surface area contributed by atoms with Crippen LogP contribution in [0, 0.1) is 0 Å². The average molecular weight is 79.2 g/mol. The van der Waals surface area contributed by atoms with E-state index in [0.717, 1.165) is 0 Å². The Labute approximate surface area is 43.7 Å². The maximum Gasteiger partial charge on any atom is 0.122 e. The van der Waals surface area contributed by atoms with Crippen LogP contribution in [0.3, 0.4) is 0 Å². The van der Waals surface area contributed by atoms with E-state index in [-0.39, 0.29) is 5.31 Å². The third kappa shape index (κ3) is 0.618. The van der Waals surface area contributed by atoms with Gasteiger partial charge in [0, 0.05) is 9.60 Å². The van der Waals surface area contributed by atoms with Gasteiger partial charge in [0.05, 0.1) is 0 Å². The average Bonchev–Trinajstić information content (AvgIpc) is 2.05. The quantitative estimate of drug-likeness (QED) is 0.442. The molecule has 0 aromatic rings. The largest absolute Gasteiger partial charge is 0.317 e. The summed E-state index contributed by atoms with van der Waals surface area (Å²) in [6.07, 6.45) is -5.54. The molecule has 1 atom stereocenters. The van der Waals surface area contributed by atoms with Crippen LogP contribution in [0.15, 0.2) is 0 Å². The Hall–Kier alpha value is -0.0400. The van der Waals surface area contributed by atoms with E-state index < -0.39 is 25.8 Å². The zero-order valence-corrected chi connectivity index (χ0v) is 2.52. The van der Waals surface area contributed by atoms with Gasteiger partial charge in [-0.3, -0.25) is 0 Å². The Morgan fingerprint density at radius 1 is 1.80 bits per heavy atom. The number of nitrogens with one attached hydrogen (secondary N) is 1. The van der Waals surface area contributed by atoms with Gasteiger partial charge in [-0.15, -0.1) is 0 Å². The van der Waals surface area contributed by atoms with Crippen molar-refractivity contribution in [3.8, 4) is 0 Å². The predicted molar refractivity (Wildman–Crippen MR) is 22.1 cm³/mol. The van der Waals surface area contributed by atoms with Crippen LogP contribution < -0.4 is 5.31 Å². The van der Waals surface area contributed by atoms with E-state index in [0.29, 0.717) is 0 Å². The first-order valence-corrected chi connectivity index (χ1v) is 1.27. The minimum atomic E-state index is -2.85. The summed E-state index contributed by atoms with van der Waals surface area (Å²) in [6, 6.07) is 0. The summed E-state index contributed by atoms with van der Waals surface area (Å²) in [5.41, 5.74) is 0. The van der Waals surface area contributed by atoms with E-state index in [9.17, 15) is 0 Å². The molecule has 1 unspecified atom stereocenters. The topological polar surface area (TPSA) is 12.0 Å². The minimum Gasteiger partial charge on any atom is -0.317 e. The van der Waals surface area contributed by atoms with Crippen molar-refractivity contribution in [2.24, 2.45) is 0 Å². The highest BCUT2D eigenvalue weighted by molar-refractivity contribution is 4.55. The summed E-state index contributed by atoms with van der Waals surface area (Å²) in [5, 5.41) is 0.0208. The lowest BCUT2D eigenvalue weighted by molar-refractivity contribution is 0.857. The highest BCUT2D eigenvalue weighted by Crippen LogP contribution is 1.90. The molecule has 0 radical (unpaired) electrons. The van der Waals surface area contributed by atoms with Crippen LogP contribution in [0.4, 0.5) is 0 Å². The van der Waals surface area contributed by atoms with Gasteiger partial charge in [-0.05, 0) is 25.8 Å². The molecule has 1 N–H and O–H groups in total. The Kier molecular flexibility index (Phi) is 0.131. The van der Waals surface area contributed by atoms with Gasteiger partial charge in [-0.25, -0.2) is 0 Å². The molecule has 30 valence electrons. The molecule has 1 aliphatic heterocycles. The molecule has 1 aliphatic rings. The maximum atomic E-state index is 7.19. The van der Waals surface area contributed by atoms with Gasteiger partial charge in [0.1, 0.15) is 1.41 Å². The van der Waals surface area contributed by atoms with Crippen LogP contribution in [0.1, 0.15) is 22.3 Å². The van der Waals surface area contributed by atoms with Crippen LogP contribution >= 0.6 is 0 Å². The maximum absolute atomic E-state index is 7.19. The minimum absolute atomic E-state index is 0.0208. The van der Waals surface area contributed by atoms with Gasteiger partial charge in [0.2, 0.25) is 0 Å². The zero-order chi connectivity index (χ0) is 10.7. The number of rotatable bonds is 0. The molecule has 0 aromatic heterocycles. The summed E-state index contributed by atoms with van der Waals surface area (Å²) in [5.74, 6) is 0. The Balaban J connectivity index is 3.23. The molecule has 1 heterocycles. The van der Waals surface area contributed by atoms with Crippen molar-refractivity contribution in [3.05, 3.63) is 0 Å². The van der Waals surface area contributed by atoms with Crippen molar-refractivity contribution < 1.29 is 11.0 Å². The van der Waals surface area contributed by atoms with Crippen LogP contribution in [0.25, 0.3) is 0 Å². The lowest BCUT2D eigenvalue weighted by Crippen LogP contribution is -2.03. The van der Waals surface area contributed by atoms with E-state index in [4.69, 9.17) is 11.0 Å². The first kappa shape index (κ1) is 0.463. The molecule has 0 amide bonds. The molecule has 1 saturated heterocycles. The summed E-state index contributed by atoms with van der Waals surface area (Å²) < 4.78 is 57.2. The second-order valence-electron chi connectivity index (χ2n) is 0.639. The van der Waals surface area contributed by atoms with Gasteiger partial charge in [-0.1, -0.05) is 0 Å². The summed E-state index contributed by atoms with van der Waals surface area (Å²) in [6.45, 7) is -4.62. The van der Waals surface area contributed by atoms with Crippen molar-refractivity contribution in [2.45, 2.75) is 12.7 Å². The molecule has 1 heteroatoms. The van der Waals surface area contributed by atoms with Crippen molar-refractivity contribution in [2.75, 3.05) is 13.0 Å². The Morgan fingerprint density at radius 2 is 2.80 bits per heavy atom. The van der Waals surface area contributed by atoms with E-state index in [1.807, 2.05) is 0 Å². The highest BCUT2D eigenvalue weighted by Gasteiger charge is 1.93. The fraction of sp³-hybridized carbons (Fsp3) is 1.00. The number of hydrogen-bond acceptors (Lipinski definition) is 1. The molecule has 1 nitrogen and oxygen atoms in total. The molecule has 1 fully saturated rings. The lowest BCUT2D eigenvalue weighted by Gasteiger charge is -1.76. The summed E-state index contributed by atoms with van der Waals surface area (Å²) in [7, 11) is 0. The molecule has 1 rings (SSSR count). The molecule has 5 heavy (non-hydrogen) atoms. The van der Waals surface area contributed by atoms with Gasteiger partial charge in [0.15, 0.2) is 0 Å². The summed E-state index contributed by atoms with van der Waals surface area (Å²) in [4.78, 5) is 0. The monoisotopic (exact) mass is 79.1 g/mol. The van der Waals surface area contributed by atoms with Crippen LogP contribution in [0.2, 0.25) is 1.41 Å². The van der Waals surface area contributed by atoms with Crippen LogP contribution in [0.5, 0.6) is 0 Å². The molecule has 0 spiro atoms. The van der Waals surface area contributed by atoms with E-state index in [2.05, 4.69) is 0 Å². The third-order valence-electron chi connectivity index (χ3n) is 0.322. The Bertz CT molecular complexity index is 202. The molecule has 0 aromatic carbocycles. The first-order valence-electron chi connectivity index (χ1n) is 5.30. The van der Waals surface area contributed by atoms with Crippen molar-refractivity contribution in [1.29, 1.82) is 0 Å². The second kappa shape index (κ2) is 1.41. The van der Waals surface area contributed by atoms with Crippen LogP contribution in [-0.4, -0.2) is 13.0 Å². The SMILES string of the molecule is [2H]C1N([2H])C([2H])([2H])C([2H])([2H])C1([2H])[2H]. The van der Waals surface area contributed by atoms with Gasteiger partial charge in [-0.2, -0.15) is 0 Å². The fourth-order valence-electron chi connectivity index (χ4n) is 0.161. The molecular formula is C4H9N. The zero-order valence-electron chi connectivity index (χ0n) is 10.5. The molecule has 0 aliphatic carbocycles. The predicted octanol–water partition coefficient (Wildman–Crippen LogP) is 0.370. The normalized spacial score (nSPS) is 96.4. The molecular weight excluding hydrogens is 62.1 g/mol. The fourth-order valence-corrected chi connectivity index (χ4v) is 0.161. The highest BCUT2D eigenvalue weighted by atomic mass is 14.9. The Morgan fingerprint density at radius 3 is 3.00 bits per heavy atom. The molecule has 0 saturated carbocycles. The van der Waals surface area contributed by atoms with E-state index >= 15 is 0 Å². The van der Waals surface area contributed by atoms with Crippen molar-refractivity contribution >= 4 is 0 Å². The van der Waals surface area contributed by atoms with E-state index in [1.165, 1.54) is 0 Å². The second-order valence-corrected chi connectivity index (χ2v) is 0.639. The van der Waals surface area contributed by atoms with E-state index in [1.54, 1.807) is 0 Å². The first-order chi connectivity index (χ1) is 5.57. The van der Waals surface area contributed by atoms with Gasteiger partial charge >= 0.3 is 0 Å². The van der Waals surface area contributed by atoms with Crippen LogP contribution in [-0.2, 0) is 0 Å². The smallest absolute Gasteiger partial charge is 0.122 e. The summed E-state index contributed by atoms with van der Waals surface area (Å²) >= 11 is 0. The lowest BCUT2D eigenvalue weighted by atomic mass is 10.4. The molecule has 0 bridgehead atoms. The van der Waals surface area contributed by atoms with Gasteiger partial charge in [0.25, 0.3) is 0 Å². The van der Waals surface area contributed by atoms with Crippen molar-refractivity contribution in [1.82, 2.24) is 5.31 Å². The van der Waals surface area contributed by atoms with Gasteiger partial charge < -0.3 is 5.31 Å².